The summed E-state index contributed by atoms with van der Waals surface area (Å²) in [6.45, 7) is 3.98. The average Bonchev–Trinajstić information content (AvgIpc) is 3.11. The molecule has 0 saturated heterocycles. The molecule has 0 radical (unpaired) electrons. The molecule has 4 rings (SSSR count). The van der Waals surface area contributed by atoms with Gasteiger partial charge < -0.3 is 30.4 Å². The Morgan fingerprint density at radius 1 is 0.740 bits per heavy atom. The number of nitrogens with zero attached hydrogens (tertiary/aromatic N) is 5. The van der Waals surface area contributed by atoms with Crippen molar-refractivity contribution in [3.8, 4) is 23.0 Å². The number of rotatable bonds is 12. The Morgan fingerprint density at radius 3 is 1.64 bits per heavy atom. The maximum Gasteiger partial charge on any atom is 0.282 e. The third kappa shape index (κ3) is 12.5. The standard InChI is InChI=1S/C15H17N3O3S.C9H14N4O2S.C8H9BrO2.CH4/c1-4-22-15-17-8-11(14(16)18-15)13(19)10-7-9(20-2)5-6-12(10)21-3;1-4-16-9-11-5-6(7(10)12-9)8(14)13(2)15-3;1-10-6-3-4-8(11-2)7(9)5-6;/h5-8H,4H2,1-3H3,(H2,16,17,18);5H,4H2,1-3H3,(H2,10,11,12);3-5H,1-2H3;1H4. The Balaban J connectivity index is 0.000000394. The van der Waals surface area contributed by atoms with Crippen molar-refractivity contribution < 1.29 is 33.4 Å². The molecular formula is C33H44BrN7O7S2. The highest BCUT2D eigenvalue weighted by Crippen LogP contribution is 2.29. The number of hydroxylamine groups is 2. The smallest absolute Gasteiger partial charge is 0.282 e. The summed E-state index contributed by atoms with van der Waals surface area (Å²) < 4.78 is 21.3. The molecule has 17 heteroatoms. The number of anilines is 2. The van der Waals surface area contributed by atoms with Crippen LogP contribution in [-0.4, -0.2) is 90.8 Å². The molecule has 0 aliphatic rings. The second kappa shape index (κ2) is 22.4. The zero-order valence-corrected chi connectivity index (χ0v) is 31.7. The molecule has 0 aliphatic carbocycles. The lowest BCUT2D eigenvalue weighted by Gasteiger charge is -2.14. The summed E-state index contributed by atoms with van der Waals surface area (Å²) >= 11 is 6.27. The summed E-state index contributed by atoms with van der Waals surface area (Å²) in [7, 11) is 9.19. The molecular weight excluding hydrogens is 750 g/mol. The minimum Gasteiger partial charge on any atom is -0.497 e. The van der Waals surface area contributed by atoms with Crippen LogP contribution in [0.25, 0.3) is 0 Å². The summed E-state index contributed by atoms with van der Waals surface area (Å²) in [6, 6.07) is 10.6. The van der Waals surface area contributed by atoms with E-state index in [-0.39, 0.29) is 41.9 Å². The quantitative estimate of drug-likeness (QED) is 0.0701. The zero-order valence-electron chi connectivity index (χ0n) is 28.5. The predicted octanol–water partition coefficient (Wildman–Crippen LogP) is 6.33. The summed E-state index contributed by atoms with van der Waals surface area (Å²) in [4.78, 5) is 45.5. The van der Waals surface area contributed by atoms with Crippen LogP contribution in [0.15, 0.2) is 63.6 Å². The molecule has 0 unspecified atom stereocenters. The molecule has 0 bridgehead atoms. The highest BCUT2D eigenvalue weighted by Gasteiger charge is 2.20. The highest BCUT2D eigenvalue weighted by atomic mass is 79.9. The SMILES string of the molecule is C.CCSc1ncc(C(=O)N(C)OC)c(N)n1.CCSc1ncc(C(=O)c2cc(OC)ccc2OC)c(N)n1.COc1ccc(OC)c(Br)c1. The first kappa shape index (κ1) is 43.7. The lowest BCUT2D eigenvalue weighted by molar-refractivity contribution is -0.0756. The van der Waals surface area contributed by atoms with Gasteiger partial charge in [0.15, 0.2) is 10.3 Å². The highest BCUT2D eigenvalue weighted by molar-refractivity contribution is 9.10. The van der Waals surface area contributed by atoms with Gasteiger partial charge >= 0.3 is 0 Å². The van der Waals surface area contributed by atoms with Crippen LogP contribution in [0.4, 0.5) is 11.6 Å². The Bertz CT molecular complexity index is 1700. The van der Waals surface area contributed by atoms with E-state index in [1.807, 2.05) is 32.0 Å². The van der Waals surface area contributed by atoms with Gasteiger partial charge in [-0.25, -0.2) is 25.0 Å². The van der Waals surface area contributed by atoms with Crippen molar-refractivity contribution in [2.24, 2.45) is 0 Å². The molecule has 0 atom stereocenters. The molecule has 4 aromatic rings. The van der Waals surface area contributed by atoms with Crippen molar-refractivity contribution in [3.63, 3.8) is 0 Å². The number of carbonyl (C=O) groups is 2. The number of nitrogen functional groups attached to an aromatic ring is 2. The molecule has 0 spiro atoms. The van der Waals surface area contributed by atoms with Crippen molar-refractivity contribution >= 4 is 62.8 Å². The summed E-state index contributed by atoms with van der Waals surface area (Å²) in [5, 5.41) is 2.19. The Labute approximate surface area is 310 Å². The van der Waals surface area contributed by atoms with E-state index < -0.39 is 0 Å². The average molecular weight is 795 g/mol. The monoisotopic (exact) mass is 793 g/mol. The lowest BCUT2D eigenvalue weighted by Crippen LogP contribution is -2.26. The molecule has 0 saturated carbocycles. The first-order valence-corrected chi connectivity index (χ1v) is 17.2. The van der Waals surface area contributed by atoms with Crippen molar-refractivity contribution in [2.45, 2.75) is 31.6 Å². The largest absolute Gasteiger partial charge is 0.497 e. The molecule has 2 aromatic carbocycles. The third-order valence-corrected chi connectivity index (χ3v) is 8.29. The number of halogens is 1. The number of ether oxygens (including phenoxy) is 4. The van der Waals surface area contributed by atoms with E-state index in [9.17, 15) is 9.59 Å². The molecule has 272 valence electrons. The first-order valence-electron chi connectivity index (χ1n) is 14.4. The number of hydrogen-bond acceptors (Lipinski definition) is 15. The fourth-order valence-electron chi connectivity index (χ4n) is 3.66. The van der Waals surface area contributed by atoms with Crippen LogP contribution in [0.2, 0.25) is 0 Å². The second-order valence-electron chi connectivity index (χ2n) is 9.15. The van der Waals surface area contributed by atoms with Crippen LogP contribution in [0, 0.1) is 0 Å². The fourth-order valence-corrected chi connectivity index (χ4v) is 5.27. The number of thioether (sulfide) groups is 2. The summed E-state index contributed by atoms with van der Waals surface area (Å²) in [5.41, 5.74) is 12.4. The van der Waals surface area contributed by atoms with E-state index in [1.54, 1.807) is 32.4 Å². The number of hydrogen-bond donors (Lipinski definition) is 2. The van der Waals surface area contributed by atoms with Crippen molar-refractivity contribution in [2.75, 3.05) is 65.6 Å². The molecule has 4 N–H and O–H groups in total. The fraction of sp³-hybridized carbons (Fsp3) is 0.333. The van der Waals surface area contributed by atoms with E-state index in [1.165, 1.54) is 64.3 Å². The molecule has 50 heavy (non-hydrogen) atoms. The van der Waals surface area contributed by atoms with E-state index >= 15 is 0 Å². The molecule has 14 nitrogen and oxygen atoms in total. The number of nitrogens with two attached hydrogens (primary N) is 2. The number of ketones is 1. The molecule has 1 amide bonds. The molecule has 2 heterocycles. The van der Waals surface area contributed by atoms with Gasteiger partial charge in [-0.2, -0.15) is 0 Å². The number of methoxy groups -OCH3 is 4. The van der Waals surface area contributed by atoms with Crippen LogP contribution >= 0.6 is 39.5 Å². The topological polar surface area (TPSA) is 187 Å². The van der Waals surface area contributed by atoms with Crippen molar-refractivity contribution in [1.29, 1.82) is 0 Å². The molecule has 2 aromatic heterocycles. The molecule has 0 aliphatic heterocycles. The minimum absolute atomic E-state index is 0. The van der Waals surface area contributed by atoms with Gasteiger partial charge in [0, 0.05) is 19.4 Å². The Morgan fingerprint density at radius 2 is 1.22 bits per heavy atom. The summed E-state index contributed by atoms with van der Waals surface area (Å²) in [6.07, 6.45) is 2.86. The van der Waals surface area contributed by atoms with Gasteiger partial charge in [-0.05, 0) is 63.8 Å². The van der Waals surface area contributed by atoms with Crippen LogP contribution < -0.4 is 30.4 Å². The van der Waals surface area contributed by atoms with Gasteiger partial charge in [0.2, 0.25) is 5.78 Å². The normalized spacial score (nSPS) is 9.86. The van der Waals surface area contributed by atoms with Gasteiger partial charge in [0.1, 0.15) is 40.2 Å². The van der Waals surface area contributed by atoms with E-state index in [2.05, 4.69) is 35.9 Å². The van der Waals surface area contributed by atoms with Crippen LogP contribution in [0.1, 0.15) is 47.6 Å². The summed E-state index contributed by atoms with van der Waals surface area (Å²) in [5.74, 6) is 3.96. The molecule has 0 fully saturated rings. The zero-order chi connectivity index (χ0) is 36.5. The Kier molecular flexibility index (Phi) is 19.6. The van der Waals surface area contributed by atoms with Gasteiger partial charge in [0.25, 0.3) is 5.91 Å². The van der Waals surface area contributed by atoms with Crippen molar-refractivity contribution in [3.05, 3.63) is 70.0 Å². The lowest BCUT2D eigenvalue weighted by atomic mass is 10.0. The number of carbonyl (C=O) groups excluding carboxylic acids is 2. The number of aromatic nitrogens is 4. The number of benzene rings is 2. The minimum atomic E-state index is -0.368. The van der Waals surface area contributed by atoms with E-state index in [4.69, 9.17) is 35.3 Å². The van der Waals surface area contributed by atoms with Gasteiger partial charge in [-0.3, -0.25) is 14.4 Å². The first-order chi connectivity index (χ1) is 23.5. The van der Waals surface area contributed by atoms with E-state index in [0.717, 1.165) is 32.5 Å². The van der Waals surface area contributed by atoms with Gasteiger partial charge in [-0.1, -0.05) is 44.8 Å². The third-order valence-electron chi connectivity index (χ3n) is 6.18. The van der Waals surface area contributed by atoms with Crippen LogP contribution in [0.3, 0.4) is 0 Å². The van der Waals surface area contributed by atoms with Crippen LogP contribution in [0.5, 0.6) is 23.0 Å². The van der Waals surface area contributed by atoms with Gasteiger partial charge in [-0.15, -0.1) is 0 Å². The van der Waals surface area contributed by atoms with Crippen molar-refractivity contribution in [1.82, 2.24) is 25.0 Å². The second-order valence-corrected chi connectivity index (χ2v) is 12.5. The van der Waals surface area contributed by atoms with Crippen LogP contribution in [-0.2, 0) is 4.84 Å². The maximum absolute atomic E-state index is 12.7. The van der Waals surface area contributed by atoms with Gasteiger partial charge in [0.05, 0.1) is 51.1 Å². The predicted molar refractivity (Wildman–Crippen MR) is 202 cm³/mol. The number of amides is 1. The Hall–Kier alpha value is -4.32. The van der Waals surface area contributed by atoms with E-state index in [0.29, 0.717) is 27.4 Å². The maximum atomic E-state index is 12.7.